The first kappa shape index (κ1) is 15.5. The molecule has 106 valence electrons. The summed E-state index contributed by atoms with van der Waals surface area (Å²) >= 11 is 5.73. The van der Waals surface area contributed by atoms with E-state index in [9.17, 15) is 9.59 Å². The molecule has 0 saturated heterocycles. The molecule has 1 aromatic rings. The Bertz CT molecular complexity index is 445. The Hall–Kier alpha value is -1.56. The first-order chi connectivity index (χ1) is 8.90. The molecule has 7 heteroatoms. The second-order valence-corrected chi connectivity index (χ2v) is 5.07. The molecule has 0 radical (unpaired) electrons. The summed E-state index contributed by atoms with van der Waals surface area (Å²) in [5, 5.41) is 9.97. The maximum atomic E-state index is 11.9. The van der Waals surface area contributed by atoms with E-state index in [0.29, 0.717) is 18.1 Å². The van der Waals surface area contributed by atoms with Gasteiger partial charge in [0.15, 0.2) is 0 Å². The van der Waals surface area contributed by atoms with Crippen molar-refractivity contribution in [2.45, 2.75) is 33.4 Å². The molecule has 0 unspecified atom stereocenters. The summed E-state index contributed by atoms with van der Waals surface area (Å²) in [6.45, 7) is 6.12. The Labute approximate surface area is 117 Å². The summed E-state index contributed by atoms with van der Waals surface area (Å²) in [6.07, 6.45) is 3.22. The molecule has 19 heavy (non-hydrogen) atoms. The zero-order valence-corrected chi connectivity index (χ0v) is 12.1. The Kier molecular flexibility index (Phi) is 5.82. The van der Waals surface area contributed by atoms with Gasteiger partial charge in [-0.3, -0.25) is 14.3 Å². The molecule has 0 saturated carbocycles. The second kappa shape index (κ2) is 7.13. The molecule has 0 spiro atoms. The average Bonchev–Trinajstić information content (AvgIpc) is 2.71. The topological polar surface area (TPSA) is 76.0 Å². The maximum absolute atomic E-state index is 11.9. The van der Waals surface area contributed by atoms with Crippen LogP contribution in [0.15, 0.2) is 12.4 Å². The number of carbonyl (C=O) groups is 2. The summed E-state index contributed by atoms with van der Waals surface area (Å²) in [5.41, 5.74) is 0. The zero-order chi connectivity index (χ0) is 14.4. The molecule has 0 bridgehead atoms. The van der Waals surface area contributed by atoms with Gasteiger partial charge in [-0.25, -0.2) is 0 Å². The predicted octanol–water partition coefficient (Wildman–Crippen LogP) is 0.813. The lowest BCUT2D eigenvalue weighted by atomic mass is 10.0. The van der Waals surface area contributed by atoms with Crippen LogP contribution in [0.1, 0.15) is 20.8 Å². The van der Waals surface area contributed by atoms with Gasteiger partial charge >= 0.3 is 0 Å². The van der Waals surface area contributed by atoms with E-state index in [1.165, 1.54) is 13.1 Å². The Balaban J connectivity index is 2.42. The van der Waals surface area contributed by atoms with Crippen LogP contribution < -0.4 is 10.6 Å². The van der Waals surface area contributed by atoms with Gasteiger partial charge in [0, 0.05) is 19.7 Å². The van der Waals surface area contributed by atoms with Crippen LogP contribution in [0.4, 0.5) is 0 Å². The number of hydrogen-bond acceptors (Lipinski definition) is 3. The number of hydrogen-bond donors (Lipinski definition) is 2. The van der Waals surface area contributed by atoms with Gasteiger partial charge in [-0.05, 0) is 5.92 Å². The fraction of sp³-hybridized carbons (Fsp3) is 0.583. The lowest BCUT2D eigenvalue weighted by molar-refractivity contribution is -0.129. The van der Waals surface area contributed by atoms with E-state index in [1.807, 2.05) is 13.8 Å². The van der Waals surface area contributed by atoms with Crippen molar-refractivity contribution in [2.75, 3.05) is 6.54 Å². The highest BCUT2D eigenvalue weighted by Gasteiger charge is 2.22. The molecule has 0 aliphatic carbocycles. The van der Waals surface area contributed by atoms with Crippen LogP contribution in [0.2, 0.25) is 5.02 Å². The van der Waals surface area contributed by atoms with Crippen molar-refractivity contribution in [1.29, 1.82) is 0 Å². The Morgan fingerprint density at radius 3 is 2.63 bits per heavy atom. The van der Waals surface area contributed by atoms with Gasteiger partial charge < -0.3 is 10.6 Å². The largest absolute Gasteiger partial charge is 0.352 e. The SMILES string of the molecule is CC(=O)N[C@@H](C(=O)NCCn1cc(Cl)cn1)C(C)C. The molecule has 1 aromatic heterocycles. The van der Waals surface area contributed by atoms with Gasteiger partial charge in [-0.2, -0.15) is 5.10 Å². The molecule has 6 nitrogen and oxygen atoms in total. The van der Waals surface area contributed by atoms with Gasteiger partial charge in [0.2, 0.25) is 11.8 Å². The first-order valence-electron chi connectivity index (χ1n) is 6.13. The fourth-order valence-corrected chi connectivity index (χ4v) is 1.77. The van der Waals surface area contributed by atoms with Crippen molar-refractivity contribution in [1.82, 2.24) is 20.4 Å². The lowest BCUT2D eigenvalue weighted by Crippen LogP contribution is -2.49. The molecule has 0 aromatic carbocycles. The van der Waals surface area contributed by atoms with Gasteiger partial charge in [0.05, 0.1) is 17.8 Å². The molecule has 1 heterocycles. The highest BCUT2D eigenvalue weighted by Crippen LogP contribution is 2.04. The molecule has 2 amide bonds. The number of halogens is 1. The van der Waals surface area contributed by atoms with Crippen molar-refractivity contribution in [3.63, 3.8) is 0 Å². The lowest BCUT2D eigenvalue weighted by Gasteiger charge is -2.20. The second-order valence-electron chi connectivity index (χ2n) is 4.63. The van der Waals surface area contributed by atoms with E-state index >= 15 is 0 Å². The van der Waals surface area contributed by atoms with Crippen molar-refractivity contribution < 1.29 is 9.59 Å². The minimum atomic E-state index is -0.515. The Morgan fingerprint density at radius 2 is 2.16 bits per heavy atom. The number of rotatable bonds is 6. The van der Waals surface area contributed by atoms with Crippen molar-refractivity contribution in [3.05, 3.63) is 17.4 Å². The minimum Gasteiger partial charge on any atom is -0.352 e. The summed E-state index contributed by atoms with van der Waals surface area (Å²) in [5.74, 6) is -0.376. The van der Waals surface area contributed by atoms with Gasteiger partial charge in [-0.15, -0.1) is 0 Å². The third-order valence-corrected chi connectivity index (χ3v) is 2.74. The van der Waals surface area contributed by atoms with Crippen molar-refractivity contribution in [2.24, 2.45) is 5.92 Å². The van der Waals surface area contributed by atoms with Gasteiger partial charge in [0.1, 0.15) is 6.04 Å². The monoisotopic (exact) mass is 286 g/mol. The molecule has 0 fully saturated rings. The minimum absolute atomic E-state index is 0.0306. The van der Waals surface area contributed by atoms with E-state index in [1.54, 1.807) is 10.9 Å². The van der Waals surface area contributed by atoms with Crippen LogP contribution in [0.3, 0.4) is 0 Å². The highest BCUT2D eigenvalue weighted by molar-refractivity contribution is 6.30. The quantitative estimate of drug-likeness (QED) is 0.813. The number of aromatic nitrogens is 2. The van der Waals surface area contributed by atoms with Crippen LogP contribution >= 0.6 is 11.6 Å². The van der Waals surface area contributed by atoms with E-state index in [4.69, 9.17) is 11.6 Å². The average molecular weight is 287 g/mol. The van der Waals surface area contributed by atoms with Crippen LogP contribution in [0.25, 0.3) is 0 Å². The maximum Gasteiger partial charge on any atom is 0.242 e. The highest BCUT2D eigenvalue weighted by atomic mass is 35.5. The predicted molar refractivity (Wildman–Crippen MR) is 72.7 cm³/mol. The van der Waals surface area contributed by atoms with Gasteiger partial charge in [0.25, 0.3) is 0 Å². The molecular weight excluding hydrogens is 268 g/mol. The van der Waals surface area contributed by atoms with Crippen LogP contribution in [0.5, 0.6) is 0 Å². The summed E-state index contributed by atoms with van der Waals surface area (Å²) in [6, 6.07) is -0.515. The summed E-state index contributed by atoms with van der Waals surface area (Å²) in [7, 11) is 0. The molecular formula is C12H19ClN4O2. The number of nitrogens with one attached hydrogen (secondary N) is 2. The normalized spacial score (nSPS) is 12.3. The molecule has 2 N–H and O–H groups in total. The van der Waals surface area contributed by atoms with E-state index in [0.717, 1.165) is 0 Å². The number of nitrogens with zero attached hydrogens (tertiary/aromatic N) is 2. The smallest absolute Gasteiger partial charge is 0.242 e. The first-order valence-corrected chi connectivity index (χ1v) is 6.50. The zero-order valence-electron chi connectivity index (χ0n) is 11.3. The number of carbonyl (C=O) groups excluding carboxylic acids is 2. The third-order valence-electron chi connectivity index (χ3n) is 2.55. The van der Waals surface area contributed by atoms with E-state index in [2.05, 4.69) is 15.7 Å². The summed E-state index contributed by atoms with van der Waals surface area (Å²) in [4.78, 5) is 23.0. The molecule has 1 atom stereocenters. The van der Waals surface area contributed by atoms with Crippen LogP contribution in [-0.2, 0) is 16.1 Å². The van der Waals surface area contributed by atoms with Crippen molar-refractivity contribution >= 4 is 23.4 Å². The molecule has 1 rings (SSSR count). The molecule has 0 aliphatic rings. The fourth-order valence-electron chi connectivity index (χ4n) is 1.62. The third kappa shape index (κ3) is 5.30. The van der Waals surface area contributed by atoms with E-state index in [-0.39, 0.29) is 17.7 Å². The Morgan fingerprint density at radius 1 is 1.47 bits per heavy atom. The summed E-state index contributed by atoms with van der Waals surface area (Å²) < 4.78 is 1.64. The number of amides is 2. The van der Waals surface area contributed by atoms with Crippen molar-refractivity contribution in [3.8, 4) is 0 Å². The van der Waals surface area contributed by atoms with Crippen LogP contribution in [0, 0.1) is 5.92 Å². The van der Waals surface area contributed by atoms with Crippen LogP contribution in [-0.4, -0.2) is 34.2 Å². The molecule has 0 aliphatic heterocycles. The van der Waals surface area contributed by atoms with Gasteiger partial charge in [-0.1, -0.05) is 25.4 Å². The van der Waals surface area contributed by atoms with E-state index < -0.39 is 6.04 Å². The standard InChI is InChI=1S/C12H19ClN4O2/c1-8(2)11(16-9(3)18)12(19)14-4-5-17-7-10(13)6-15-17/h6-8,11H,4-5H2,1-3H3,(H,14,19)(H,16,18)/t11-/m1/s1.